The van der Waals surface area contributed by atoms with E-state index >= 15 is 0 Å². The molecule has 1 fully saturated rings. The van der Waals surface area contributed by atoms with Crippen LogP contribution in [0.4, 0.5) is 4.79 Å². The Balaban J connectivity index is 1.52. The van der Waals surface area contributed by atoms with Crippen LogP contribution in [0.3, 0.4) is 0 Å². The van der Waals surface area contributed by atoms with Crippen molar-refractivity contribution in [3.63, 3.8) is 0 Å². The largest absolute Gasteiger partial charge is 0.489 e. The van der Waals surface area contributed by atoms with E-state index in [1.165, 1.54) is 0 Å². The normalized spacial score (nSPS) is 17.9. The van der Waals surface area contributed by atoms with Crippen molar-refractivity contribution < 1.29 is 19.0 Å². The van der Waals surface area contributed by atoms with E-state index in [0.29, 0.717) is 43.2 Å². The summed E-state index contributed by atoms with van der Waals surface area (Å²) >= 11 is 6.33. The van der Waals surface area contributed by atoms with Crippen molar-refractivity contribution in [3.05, 3.63) is 22.7 Å². The van der Waals surface area contributed by atoms with Crippen molar-refractivity contribution in [2.45, 2.75) is 38.8 Å². The Morgan fingerprint density at radius 1 is 1.32 bits per heavy atom. The molecular formula is C18H25ClN2O4. The molecule has 1 amide bonds. The molecule has 7 heteroatoms. The van der Waals surface area contributed by atoms with Crippen LogP contribution in [0.15, 0.2) is 12.1 Å². The van der Waals surface area contributed by atoms with Crippen molar-refractivity contribution in [3.8, 4) is 11.5 Å². The number of rotatable bonds is 4. The highest BCUT2D eigenvalue weighted by Gasteiger charge is 2.23. The van der Waals surface area contributed by atoms with Crippen molar-refractivity contribution in [2.75, 3.05) is 32.9 Å². The Hall–Kier alpha value is -1.66. The molecule has 0 atom stereocenters. The van der Waals surface area contributed by atoms with Crippen LogP contribution in [-0.4, -0.2) is 49.9 Å². The van der Waals surface area contributed by atoms with Crippen molar-refractivity contribution in [2.24, 2.45) is 0 Å². The summed E-state index contributed by atoms with van der Waals surface area (Å²) in [6, 6.07) is 4.30. The Kier molecular flexibility index (Phi) is 6.26. The zero-order valence-corrected chi connectivity index (χ0v) is 15.3. The fourth-order valence-corrected chi connectivity index (χ4v) is 3.42. The van der Waals surface area contributed by atoms with Crippen LogP contribution in [0.1, 0.15) is 31.7 Å². The molecular weight excluding hydrogens is 344 g/mol. The molecule has 2 aliphatic heterocycles. The predicted molar refractivity (Wildman–Crippen MR) is 95.5 cm³/mol. The number of halogens is 1. The van der Waals surface area contributed by atoms with Crippen LogP contribution in [0.5, 0.6) is 11.5 Å². The molecule has 0 aromatic heterocycles. The van der Waals surface area contributed by atoms with Crippen LogP contribution in [-0.2, 0) is 11.3 Å². The minimum absolute atomic E-state index is 0.212. The highest BCUT2D eigenvalue weighted by molar-refractivity contribution is 6.32. The van der Waals surface area contributed by atoms with E-state index in [1.807, 2.05) is 19.1 Å². The van der Waals surface area contributed by atoms with Crippen LogP contribution in [0.25, 0.3) is 0 Å². The lowest BCUT2D eigenvalue weighted by atomic mass is 10.0. The summed E-state index contributed by atoms with van der Waals surface area (Å²) in [6.07, 6.45) is 2.47. The number of nitrogens with zero attached hydrogens (tertiary/aromatic N) is 1. The fourth-order valence-electron chi connectivity index (χ4n) is 3.13. The van der Waals surface area contributed by atoms with Crippen LogP contribution >= 0.6 is 11.6 Å². The van der Waals surface area contributed by atoms with Gasteiger partial charge in [-0.25, -0.2) is 4.79 Å². The number of ether oxygens (including phenoxy) is 3. The van der Waals surface area contributed by atoms with E-state index < -0.39 is 0 Å². The van der Waals surface area contributed by atoms with E-state index in [-0.39, 0.29) is 6.09 Å². The Morgan fingerprint density at radius 2 is 2.08 bits per heavy atom. The molecule has 1 aromatic carbocycles. The summed E-state index contributed by atoms with van der Waals surface area (Å²) in [5.41, 5.74) is 1.07. The number of hydrogen-bond donors (Lipinski definition) is 1. The lowest BCUT2D eigenvalue weighted by molar-refractivity contribution is 0.0950. The SMILES string of the molecule is CCOC(=O)N1CCC(NCc2cc(Cl)c3c(c2)OCCCO3)CC1. The second kappa shape index (κ2) is 8.63. The molecule has 0 bridgehead atoms. The maximum absolute atomic E-state index is 11.7. The van der Waals surface area contributed by atoms with E-state index in [9.17, 15) is 4.79 Å². The number of hydrogen-bond acceptors (Lipinski definition) is 5. The highest BCUT2D eigenvalue weighted by atomic mass is 35.5. The molecule has 1 aromatic rings. The molecule has 0 unspecified atom stereocenters. The zero-order valence-electron chi connectivity index (χ0n) is 14.6. The molecule has 25 heavy (non-hydrogen) atoms. The minimum Gasteiger partial charge on any atom is -0.489 e. The maximum atomic E-state index is 11.7. The highest BCUT2D eigenvalue weighted by Crippen LogP contribution is 2.38. The number of carbonyl (C=O) groups excluding carboxylic acids is 1. The molecule has 2 aliphatic rings. The third-order valence-electron chi connectivity index (χ3n) is 4.48. The molecule has 0 saturated carbocycles. The first-order chi connectivity index (χ1) is 12.2. The molecule has 0 radical (unpaired) electrons. The molecule has 2 heterocycles. The Bertz CT molecular complexity index is 603. The first-order valence-corrected chi connectivity index (χ1v) is 9.28. The number of fused-ring (bicyclic) bond motifs is 1. The van der Waals surface area contributed by atoms with Gasteiger partial charge in [0.05, 0.1) is 24.8 Å². The zero-order chi connectivity index (χ0) is 17.6. The monoisotopic (exact) mass is 368 g/mol. The fraction of sp³-hybridized carbons (Fsp3) is 0.611. The van der Waals surface area contributed by atoms with Gasteiger partial charge >= 0.3 is 6.09 Å². The van der Waals surface area contributed by atoms with E-state index in [0.717, 1.165) is 43.7 Å². The van der Waals surface area contributed by atoms with Gasteiger partial charge in [0.25, 0.3) is 0 Å². The molecule has 3 rings (SSSR count). The van der Waals surface area contributed by atoms with Crippen molar-refractivity contribution >= 4 is 17.7 Å². The summed E-state index contributed by atoms with van der Waals surface area (Å²) in [6.45, 7) is 5.67. The summed E-state index contributed by atoms with van der Waals surface area (Å²) in [7, 11) is 0. The number of piperidine rings is 1. The van der Waals surface area contributed by atoms with Gasteiger partial charge in [0.2, 0.25) is 0 Å². The summed E-state index contributed by atoms with van der Waals surface area (Å²) in [5.74, 6) is 1.37. The average Bonchev–Trinajstić information content (AvgIpc) is 2.86. The topological polar surface area (TPSA) is 60.0 Å². The second-order valence-corrected chi connectivity index (χ2v) is 6.70. The smallest absolute Gasteiger partial charge is 0.409 e. The average molecular weight is 369 g/mol. The van der Waals surface area contributed by atoms with Gasteiger partial charge in [0.1, 0.15) is 0 Å². The Labute approximate surface area is 153 Å². The first-order valence-electron chi connectivity index (χ1n) is 8.90. The molecule has 1 N–H and O–H groups in total. The van der Waals surface area contributed by atoms with Crippen molar-refractivity contribution in [1.82, 2.24) is 10.2 Å². The van der Waals surface area contributed by atoms with Crippen molar-refractivity contribution in [1.29, 1.82) is 0 Å². The number of amides is 1. The summed E-state index contributed by atoms with van der Waals surface area (Å²) in [5, 5.41) is 4.14. The number of carbonyl (C=O) groups is 1. The number of benzene rings is 1. The number of nitrogens with one attached hydrogen (secondary N) is 1. The van der Waals surface area contributed by atoms with Crippen LogP contribution in [0, 0.1) is 0 Å². The lowest BCUT2D eigenvalue weighted by Crippen LogP contribution is -2.44. The van der Waals surface area contributed by atoms with Gasteiger partial charge in [-0.3, -0.25) is 0 Å². The molecule has 1 saturated heterocycles. The van der Waals surface area contributed by atoms with Gasteiger partial charge in [-0.05, 0) is 37.5 Å². The van der Waals surface area contributed by atoms with Gasteiger partial charge in [0.15, 0.2) is 11.5 Å². The van der Waals surface area contributed by atoms with E-state index in [1.54, 1.807) is 4.90 Å². The van der Waals surface area contributed by atoms with Gasteiger partial charge in [-0.15, -0.1) is 0 Å². The molecule has 6 nitrogen and oxygen atoms in total. The molecule has 0 spiro atoms. The third kappa shape index (κ3) is 4.70. The third-order valence-corrected chi connectivity index (χ3v) is 4.76. The standard InChI is InChI=1S/C18H25ClN2O4/c1-2-23-18(22)21-6-4-14(5-7-21)20-12-13-10-15(19)17-16(11-13)24-8-3-9-25-17/h10-11,14,20H,2-9,12H2,1H3. The first kappa shape index (κ1) is 18.1. The maximum Gasteiger partial charge on any atom is 0.409 e. The van der Waals surface area contributed by atoms with E-state index in [2.05, 4.69) is 5.32 Å². The quantitative estimate of drug-likeness (QED) is 0.884. The second-order valence-electron chi connectivity index (χ2n) is 6.30. The van der Waals surface area contributed by atoms with Gasteiger partial charge < -0.3 is 24.4 Å². The summed E-state index contributed by atoms with van der Waals surface area (Å²) < 4.78 is 16.4. The van der Waals surface area contributed by atoms with Gasteiger partial charge in [0, 0.05) is 32.1 Å². The predicted octanol–water partition coefficient (Wildman–Crippen LogP) is 3.21. The van der Waals surface area contributed by atoms with Gasteiger partial charge in [-0.1, -0.05) is 11.6 Å². The van der Waals surface area contributed by atoms with Gasteiger partial charge in [-0.2, -0.15) is 0 Å². The van der Waals surface area contributed by atoms with E-state index in [4.69, 9.17) is 25.8 Å². The minimum atomic E-state index is -0.212. The van der Waals surface area contributed by atoms with Crippen LogP contribution in [0.2, 0.25) is 5.02 Å². The lowest BCUT2D eigenvalue weighted by Gasteiger charge is -2.31. The molecule has 138 valence electrons. The molecule has 0 aliphatic carbocycles. The van der Waals surface area contributed by atoms with Crippen LogP contribution < -0.4 is 14.8 Å². The summed E-state index contributed by atoms with van der Waals surface area (Å²) in [4.78, 5) is 13.5. The number of likely N-dealkylation sites (tertiary alicyclic amines) is 1. The Morgan fingerprint density at radius 3 is 2.84 bits per heavy atom.